The standard InChI is InChI=1S/C13H18N2O4/c1-15(6-9(16)7-19-2)8-3-4-10-11(5-8)14-13(18)12(10)17/h3-5,9,12,16-17H,6-7H2,1-2H3,(H,14,18). The lowest BCUT2D eigenvalue weighted by Gasteiger charge is -2.23. The van der Waals surface area contributed by atoms with E-state index in [1.165, 1.54) is 7.11 Å². The van der Waals surface area contributed by atoms with Crippen LogP contribution in [0.4, 0.5) is 11.4 Å². The van der Waals surface area contributed by atoms with Gasteiger partial charge < -0.3 is 25.2 Å². The third kappa shape index (κ3) is 2.86. The van der Waals surface area contributed by atoms with Gasteiger partial charge in [-0.05, 0) is 12.1 Å². The minimum atomic E-state index is -1.09. The fraction of sp³-hybridized carbons (Fsp3) is 0.462. The minimum Gasteiger partial charge on any atom is -0.389 e. The molecule has 3 N–H and O–H groups in total. The van der Waals surface area contributed by atoms with E-state index in [0.717, 1.165) is 5.69 Å². The molecule has 6 nitrogen and oxygen atoms in total. The lowest BCUT2D eigenvalue weighted by Crippen LogP contribution is -2.31. The summed E-state index contributed by atoms with van der Waals surface area (Å²) in [4.78, 5) is 13.2. The topological polar surface area (TPSA) is 82.0 Å². The number of ether oxygens (including phenoxy) is 1. The van der Waals surface area contributed by atoms with Crippen molar-refractivity contribution in [3.63, 3.8) is 0 Å². The first kappa shape index (κ1) is 13.8. The first-order valence-corrected chi connectivity index (χ1v) is 6.04. The number of amides is 1. The fourth-order valence-electron chi connectivity index (χ4n) is 2.14. The molecule has 104 valence electrons. The molecule has 0 saturated heterocycles. The van der Waals surface area contributed by atoms with Crippen LogP contribution in [0.25, 0.3) is 0 Å². The Labute approximate surface area is 111 Å². The third-order valence-corrected chi connectivity index (χ3v) is 3.12. The van der Waals surface area contributed by atoms with Crippen LogP contribution in [0.1, 0.15) is 11.7 Å². The highest BCUT2D eigenvalue weighted by molar-refractivity contribution is 6.02. The first-order valence-electron chi connectivity index (χ1n) is 6.04. The van der Waals surface area contributed by atoms with Gasteiger partial charge in [-0.25, -0.2) is 0 Å². The molecule has 19 heavy (non-hydrogen) atoms. The highest BCUT2D eigenvalue weighted by Gasteiger charge is 2.28. The SMILES string of the molecule is COCC(O)CN(C)c1ccc2c(c1)NC(=O)C2O. The molecular formula is C13H18N2O4. The number of rotatable bonds is 5. The van der Waals surface area contributed by atoms with E-state index in [4.69, 9.17) is 4.74 Å². The van der Waals surface area contributed by atoms with Crippen molar-refractivity contribution in [2.45, 2.75) is 12.2 Å². The largest absolute Gasteiger partial charge is 0.389 e. The van der Waals surface area contributed by atoms with Crippen LogP contribution in [-0.2, 0) is 9.53 Å². The quantitative estimate of drug-likeness (QED) is 0.705. The zero-order valence-corrected chi connectivity index (χ0v) is 11.0. The number of nitrogens with zero attached hydrogens (tertiary/aromatic N) is 1. The normalized spacial score (nSPS) is 18.9. The van der Waals surface area contributed by atoms with Gasteiger partial charge in [-0.1, -0.05) is 6.07 Å². The van der Waals surface area contributed by atoms with E-state index in [1.54, 1.807) is 12.1 Å². The van der Waals surface area contributed by atoms with Gasteiger partial charge in [0.25, 0.3) is 5.91 Å². The lowest BCUT2D eigenvalue weighted by atomic mass is 10.1. The number of methoxy groups -OCH3 is 1. The molecule has 0 aromatic heterocycles. The molecule has 1 aromatic rings. The summed E-state index contributed by atoms with van der Waals surface area (Å²) in [5, 5.41) is 21.9. The predicted octanol–water partition coefficient (Wildman–Crippen LogP) is 0.116. The number of fused-ring (bicyclic) bond motifs is 1. The van der Waals surface area contributed by atoms with Crippen molar-refractivity contribution in [3.8, 4) is 0 Å². The maximum absolute atomic E-state index is 11.3. The summed E-state index contributed by atoms with van der Waals surface area (Å²) in [7, 11) is 3.38. The average Bonchev–Trinajstić information content (AvgIpc) is 2.65. The zero-order chi connectivity index (χ0) is 14.0. The Morgan fingerprint density at radius 3 is 2.95 bits per heavy atom. The molecule has 0 fully saturated rings. The van der Waals surface area contributed by atoms with Gasteiger partial charge in [0.15, 0.2) is 6.10 Å². The van der Waals surface area contributed by atoms with Crippen LogP contribution in [0.15, 0.2) is 18.2 Å². The molecule has 0 saturated carbocycles. The predicted molar refractivity (Wildman–Crippen MR) is 71.2 cm³/mol. The van der Waals surface area contributed by atoms with Crippen LogP contribution < -0.4 is 10.2 Å². The first-order chi connectivity index (χ1) is 9.02. The van der Waals surface area contributed by atoms with Crippen LogP contribution in [-0.4, -0.2) is 49.5 Å². The maximum Gasteiger partial charge on any atom is 0.257 e. The summed E-state index contributed by atoms with van der Waals surface area (Å²) in [6.07, 6.45) is -1.67. The number of benzene rings is 1. The van der Waals surface area contributed by atoms with Crippen molar-refractivity contribution in [2.75, 3.05) is 37.5 Å². The van der Waals surface area contributed by atoms with Crippen molar-refractivity contribution in [2.24, 2.45) is 0 Å². The third-order valence-electron chi connectivity index (χ3n) is 3.12. The molecule has 2 unspecified atom stereocenters. The molecule has 1 heterocycles. The zero-order valence-electron chi connectivity index (χ0n) is 11.0. The van der Waals surface area contributed by atoms with E-state index >= 15 is 0 Å². The Balaban J connectivity index is 2.11. The van der Waals surface area contributed by atoms with Gasteiger partial charge in [0.05, 0.1) is 12.7 Å². The van der Waals surface area contributed by atoms with Gasteiger partial charge in [0.2, 0.25) is 0 Å². The van der Waals surface area contributed by atoms with E-state index in [9.17, 15) is 15.0 Å². The molecule has 6 heteroatoms. The van der Waals surface area contributed by atoms with Gasteiger partial charge in [0.1, 0.15) is 0 Å². The number of anilines is 2. The van der Waals surface area contributed by atoms with Crippen LogP contribution >= 0.6 is 0 Å². The number of aliphatic hydroxyl groups is 2. The van der Waals surface area contributed by atoms with Gasteiger partial charge in [-0.3, -0.25) is 4.79 Å². The Hall–Kier alpha value is -1.63. The molecule has 1 aliphatic rings. The van der Waals surface area contributed by atoms with Crippen molar-refractivity contribution < 1.29 is 19.7 Å². The van der Waals surface area contributed by atoms with E-state index in [-0.39, 0.29) is 6.61 Å². The molecule has 1 aromatic carbocycles. The van der Waals surface area contributed by atoms with Gasteiger partial charge in [-0.15, -0.1) is 0 Å². The number of nitrogens with one attached hydrogen (secondary N) is 1. The van der Waals surface area contributed by atoms with Crippen LogP contribution in [0.3, 0.4) is 0 Å². The molecule has 0 spiro atoms. The number of aliphatic hydroxyl groups excluding tert-OH is 2. The lowest BCUT2D eigenvalue weighted by molar-refractivity contribution is -0.123. The fourth-order valence-corrected chi connectivity index (χ4v) is 2.14. The second-order valence-corrected chi connectivity index (χ2v) is 4.65. The average molecular weight is 266 g/mol. The van der Waals surface area contributed by atoms with E-state index in [0.29, 0.717) is 17.8 Å². The van der Waals surface area contributed by atoms with E-state index < -0.39 is 18.1 Å². The van der Waals surface area contributed by atoms with Crippen LogP contribution in [0, 0.1) is 0 Å². The molecule has 1 amide bonds. The number of hydrogen-bond donors (Lipinski definition) is 3. The van der Waals surface area contributed by atoms with Gasteiger partial charge >= 0.3 is 0 Å². The minimum absolute atomic E-state index is 0.269. The molecule has 0 radical (unpaired) electrons. The summed E-state index contributed by atoms with van der Waals surface area (Å²) in [5.74, 6) is -0.408. The number of carbonyl (C=O) groups excluding carboxylic acids is 1. The summed E-state index contributed by atoms with van der Waals surface area (Å²) in [6.45, 7) is 0.688. The smallest absolute Gasteiger partial charge is 0.257 e. The highest BCUT2D eigenvalue weighted by Crippen LogP contribution is 2.33. The summed E-state index contributed by atoms with van der Waals surface area (Å²) in [5.41, 5.74) is 2.05. The molecule has 2 rings (SSSR count). The van der Waals surface area contributed by atoms with Gasteiger partial charge in [-0.2, -0.15) is 0 Å². The molecular weight excluding hydrogens is 248 g/mol. The summed E-state index contributed by atoms with van der Waals surface area (Å²) < 4.78 is 4.88. The van der Waals surface area contributed by atoms with E-state index in [1.807, 2.05) is 18.0 Å². The number of likely N-dealkylation sites (N-methyl/N-ethyl adjacent to an activating group) is 1. The number of hydrogen-bond acceptors (Lipinski definition) is 5. The van der Waals surface area contributed by atoms with Crippen molar-refractivity contribution in [3.05, 3.63) is 23.8 Å². The second kappa shape index (κ2) is 5.56. The van der Waals surface area contributed by atoms with Gasteiger partial charge in [0, 0.05) is 37.6 Å². The van der Waals surface area contributed by atoms with Crippen molar-refractivity contribution >= 4 is 17.3 Å². The van der Waals surface area contributed by atoms with E-state index in [2.05, 4.69) is 5.32 Å². The number of carbonyl (C=O) groups is 1. The molecule has 2 atom stereocenters. The van der Waals surface area contributed by atoms with Crippen LogP contribution in [0.5, 0.6) is 0 Å². The highest BCUT2D eigenvalue weighted by atomic mass is 16.5. The summed E-state index contributed by atoms with van der Waals surface area (Å²) in [6, 6.07) is 5.30. The second-order valence-electron chi connectivity index (χ2n) is 4.65. The Kier molecular flexibility index (Phi) is 4.04. The molecule has 0 bridgehead atoms. The Morgan fingerprint density at radius 1 is 1.53 bits per heavy atom. The van der Waals surface area contributed by atoms with Crippen molar-refractivity contribution in [1.82, 2.24) is 0 Å². The van der Waals surface area contributed by atoms with Crippen molar-refractivity contribution in [1.29, 1.82) is 0 Å². The Morgan fingerprint density at radius 2 is 2.26 bits per heavy atom. The monoisotopic (exact) mass is 266 g/mol. The Bertz CT molecular complexity index is 478. The summed E-state index contributed by atoms with van der Waals surface area (Å²) >= 11 is 0. The molecule has 1 aliphatic heterocycles. The maximum atomic E-state index is 11.3. The molecule has 0 aliphatic carbocycles. The van der Waals surface area contributed by atoms with Crippen LogP contribution in [0.2, 0.25) is 0 Å².